The summed E-state index contributed by atoms with van der Waals surface area (Å²) in [6, 6.07) is 3.04. The molecule has 0 radical (unpaired) electrons. The smallest absolute Gasteiger partial charge is 0.410 e. The number of carbonyl (C=O) groups excluding carboxylic acids is 4. The average molecular weight is 702 g/mol. The van der Waals surface area contributed by atoms with Gasteiger partial charge in [-0.3, -0.25) is 24.0 Å². The third-order valence-corrected chi connectivity index (χ3v) is 12.0. The van der Waals surface area contributed by atoms with Crippen LogP contribution in [0.3, 0.4) is 0 Å². The molecule has 14 heteroatoms. The van der Waals surface area contributed by atoms with Gasteiger partial charge in [0.2, 0.25) is 21.8 Å². The average Bonchev–Trinajstić information content (AvgIpc) is 3.91. The predicted molar refractivity (Wildman–Crippen MR) is 179 cm³/mol. The molecule has 0 unspecified atom stereocenters. The topological polar surface area (TPSA) is 154 Å². The number of rotatable bonds is 6. The van der Waals surface area contributed by atoms with E-state index in [1.807, 2.05) is 12.2 Å². The van der Waals surface area contributed by atoms with Crippen molar-refractivity contribution in [3.8, 4) is 0 Å². The molecular weight excluding hydrogens is 653 g/mol. The van der Waals surface area contributed by atoms with Gasteiger partial charge in [0, 0.05) is 31.0 Å². The summed E-state index contributed by atoms with van der Waals surface area (Å²) in [6.07, 6.45) is 7.35. The molecule has 2 saturated carbocycles. The third-order valence-electron chi connectivity index (χ3n) is 10.2. The summed E-state index contributed by atoms with van der Waals surface area (Å²) in [4.78, 5) is 58.2. The van der Waals surface area contributed by atoms with Crippen LogP contribution in [0, 0.1) is 17.2 Å². The van der Waals surface area contributed by atoms with Gasteiger partial charge in [0.15, 0.2) is 0 Å². The van der Waals surface area contributed by atoms with E-state index in [2.05, 4.69) is 36.1 Å². The Balaban J connectivity index is 1.24. The normalized spacial score (nSPS) is 29.9. The number of sulfonamides is 1. The van der Waals surface area contributed by atoms with Crippen molar-refractivity contribution in [3.63, 3.8) is 0 Å². The van der Waals surface area contributed by atoms with Crippen molar-refractivity contribution in [1.29, 1.82) is 0 Å². The fourth-order valence-electron chi connectivity index (χ4n) is 7.06. The van der Waals surface area contributed by atoms with Crippen molar-refractivity contribution in [2.24, 2.45) is 11.3 Å². The molecule has 5 atom stereocenters. The first-order chi connectivity index (χ1) is 23.2. The van der Waals surface area contributed by atoms with Crippen LogP contribution in [0.5, 0.6) is 0 Å². The Morgan fingerprint density at radius 1 is 1.10 bits per heavy atom. The molecule has 268 valence electrons. The first-order valence-corrected chi connectivity index (χ1v) is 19.0. The van der Waals surface area contributed by atoms with E-state index in [9.17, 15) is 32.0 Å². The van der Waals surface area contributed by atoms with Gasteiger partial charge in [0.1, 0.15) is 23.5 Å². The van der Waals surface area contributed by atoms with E-state index in [4.69, 9.17) is 4.74 Å². The summed E-state index contributed by atoms with van der Waals surface area (Å²) >= 11 is 0. The van der Waals surface area contributed by atoms with Crippen LogP contribution in [0.1, 0.15) is 89.7 Å². The van der Waals surface area contributed by atoms with Crippen molar-refractivity contribution in [2.75, 3.05) is 13.1 Å². The van der Waals surface area contributed by atoms with E-state index >= 15 is 0 Å². The molecule has 4 amide bonds. The van der Waals surface area contributed by atoms with Gasteiger partial charge >= 0.3 is 6.09 Å². The Morgan fingerprint density at radius 2 is 1.88 bits per heavy atom. The number of hydrogen-bond acceptors (Lipinski definition) is 8. The maximum Gasteiger partial charge on any atom is 0.410 e. The highest BCUT2D eigenvalue weighted by Gasteiger charge is 2.62. The summed E-state index contributed by atoms with van der Waals surface area (Å²) in [5.74, 6) is -2.49. The summed E-state index contributed by atoms with van der Waals surface area (Å²) in [5, 5.41) is 5.65. The Kier molecular flexibility index (Phi) is 9.84. The minimum atomic E-state index is -3.87. The first kappa shape index (κ1) is 35.3. The number of carbonyl (C=O) groups is 4. The second kappa shape index (κ2) is 13.7. The van der Waals surface area contributed by atoms with Gasteiger partial charge in [-0.2, -0.15) is 0 Å². The lowest BCUT2D eigenvalue weighted by Gasteiger charge is -2.31. The minimum absolute atomic E-state index is 0.0109. The molecule has 1 aromatic carbocycles. The Bertz CT molecular complexity index is 1620. The highest BCUT2D eigenvalue weighted by atomic mass is 32.2. The van der Waals surface area contributed by atoms with Gasteiger partial charge in [-0.15, -0.1) is 0 Å². The number of hydrogen-bond donors (Lipinski definition) is 3. The lowest BCUT2D eigenvalue weighted by molar-refractivity contribution is -0.141. The molecule has 5 aliphatic rings. The van der Waals surface area contributed by atoms with Crippen molar-refractivity contribution >= 4 is 33.8 Å². The quantitative estimate of drug-likeness (QED) is 0.382. The molecule has 2 aliphatic carbocycles. The maximum atomic E-state index is 14.4. The molecule has 6 rings (SSSR count). The standard InChI is InChI=1S/C35H48FN5O7S/c1-34(2,3)21-37-28-13-8-6-4-5-7-11-23-17-35(23,32(44)39-49(46,47)25-14-15-25)38-30(42)29-16-24(19-41(29)31(28)43)48-33(45)40-18-22-10-9-12-27(36)26(22)20-40/h7,9-12,23-25,28-29,37H,4-6,8,13-21H2,1-3H3,(H,38,42)(H,39,44)/b11-7-/t23-,24+,28-,29-,35+/m0/s1. The molecule has 0 spiro atoms. The molecular formula is C35H48FN5O7S. The first-order valence-electron chi connectivity index (χ1n) is 17.5. The fourth-order valence-corrected chi connectivity index (χ4v) is 8.42. The van der Waals surface area contributed by atoms with Crippen LogP contribution in [0.15, 0.2) is 30.4 Å². The van der Waals surface area contributed by atoms with Crippen molar-refractivity contribution in [1.82, 2.24) is 25.2 Å². The zero-order chi connectivity index (χ0) is 35.1. The monoisotopic (exact) mass is 701 g/mol. The molecule has 3 N–H and O–H groups in total. The molecule has 0 bridgehead atoms. The third kappa shape index (κ3) is 7.95. The zero-order valence-electron chi connectivity index (χ0n) is 28.5. The van der Waals surface area contributed by atoms with Crippen LogP contribution in [0.25, 0.3) is 0 Å². The molecule has 1 aromatic rings. The highest BCUT2D eigenvalue weighted by molar-refractivity contribution is 7.91. The highest BCUT2D eigenvalue weighted by Crippen LogP contribution is 2.46. The predicted octanol–water partition coefficient (Wildman–Crippen LogP) is 3.26. The second-order valence-corrected chi connectivity index (χ2v) is 17.4. The van der Waals surface area contributed by atoms with Crippen LogP contribution >= 0.6 is 0 Å². The van der Waals surface area contributed by atoms with E-state index < -0.39 is 68.6 Å². The summed E-state index contributed by atoms with van der Waals surface area (Å²) in [5.41, 5.74) is -0.468. The number of benzene rings is 1. The number of amides is 4. The summed E-state index contributed by atoms with van der Waals surface area (Å²) in [6.45, 7) is 6.94. The molecule has 1 saturated heterocycles. The van der Waals surface area contributed by atoms with Crippen molar-refractivity contribution in [3.05, 3.63) is 47.3 Å². The van der Waals surface area contributed by atoms with E-state index in [-0.39, 0.29) is 43.8 Å². The number of nitrogens with one attached hydrogen (secondary N) is 3. The number of fused-ring (bicyclic) bond motifs is 3. The number of halogens is 1. The SMILES string of the molecule is CC(C)(C)CN[C@H]1CCCCC/C=C\[C@H]2C[C@@]2(C(=O)NS(=O)(=O)C2CC2)NC(=O)[C@@H]2C[C@@H](OC(=O)N3Cc4cccc(F)c4C3)CN2C1=O. The Labute approximate surface area is 287 Å². The number of allylic oxidation sites excluding steroid dienone is 1. The maximum absolute atomic E-state index is 14.4. The summed E-state index contributed by atoms with van der Waals surface area (Å²) < 4.78 is 47.9. The van der Waals surface area contributed by atoms with Crippen LogP contribution in [-0.2, 0) is 42.2 Å². The van der Waals surface area contributed by atoms with Gasteiger partial charge in [-0.05, 0) is 55.6 Å². The van der Waals surface area contributed by atoms with E-state index in [0.717, 1.165) is 25.7 Å². The van der Waals surface area contributed by atoms with E-state index in [0.29, 0.717) is 36.9 Å². The van der Waals surface area contributed by atoms with Gasteiger partial charge in [-0.25, -0.2) is 17.6 Å². The fraction of sp³-hybridized carbons (Fsp3) is 0.657. The van der Waals surface area contributed by atoms with E-state index in [1.165, 1.54) is 15.9 Å². The molecule has 3 aliphatic heterocycles. The molecule has 3 fully saturated rings. The molecule has 12 nitrogen and oxygen atoms in total. The van der Waals surface area contributed by atoms with Crippen molar-refractivity contribution < 1.29 is 36.7 Å². The van der Waals surface area contributed by atoms with E-state index in [1.54, 1.807) is 12.1 Å². The van der Waals surface area contributed by atoms with Crippen LogP contribution in [-0.4, -0.2) is 84.1 Å². The zero-order valence-corrected chi connectivity index (χ0v) is 29.3. The number of nitrogens with zero attached hydrogens (tertiary/aromatic N) is 2. The minimum Gasteiger partial charge on any atom is -0.444 e. The molecule has 0 aromatic heterocycles. The van der Waals surface area contributed by atoms with Crippen molar-refractivity contribution in [2.45, 2.75) is 121 Å². The van der Waals surface area contributed by atoms with Gasteiger partial charge in [0.25, 0.3) is 5.91 Å². The van der Waals surface area contributed by atoms with Gasteiger partial charge in [-0.1, -0.05) is 57.9 Å². The molecule has 49 heavy (non-hydrogen) atoms. The lowest BCUT2D eigenvalue weighted by Crippen LogP contribution is -2.58. The van der Waals surface area contributed by atoms with Crippen LogP contribution in [0.4, 0.5) is 9.18 Å². The van der Waals surface area contributed by atoms with Crippen LogP contribution < -0.4 is 15.4 Å². The largest absolute Gasteiger partial charge is 0.444 e. The lowest BCUT2D eigenvalue weighted by atomic mass is 9.95. The summed E-state index contributed by atoms with van der Waals surface area (Å²) in [7, 11) is -3.87. The Hall–Kier alpha value is -3.52. The molecule has 3 heterocycles. The Morgan fingerprint density at radius 3 is 2.59 bits per heavy atom. The van der Waals surface area contributed by atoms with Gasteiger partial charge in [0.05, 0.1) is 24.4 Å². The second-order valence-electron chi connectivity index (χ2n) is 15.5. The number of ether oxygens (including phenoxy) is 1. The van der Waals surface area contributed by atoms with Crippen LogP contribution in [0.2, 0.25) is 0 Å². The van der Waals surface area contributed by atoms with Gasteiger partial charge < -0.3 is 20.3 Å².